The summed E-state index contributed by atoms with van der Waals surface area (Å²) in [6.07, 6.45) is 0.251. The first-order valence-electron chi connectivity index (χ1n) is 11.0. The molecule has 2 aromatic carbocycles. The Labute approximate surface area is 195 Å². The zero-order chi connectivity index (χ0) is 23.8. The van der Waals surface area contributed by atoms with Crippen molar-refractivity contribution in [2.75, 3.05) is 25.8 Å². The van der Waals surface area contributed by atoms with Crippen LogP contribution in [0.25, 0.3) is 0 Å². The Morgan fingerprint density at radius 2 is 1.85 bits per heavy atom. The van der Waals surface area contributed by atoms with Gasteiger partial charge in [0, 0.05) is 18.3 Å². The van der Waals surface area contributed by atoms with Gasteiger partial charge in [0.1, 0.15) is 18.5 Å². The third kappa shape index (κ3) is 4.24. The van der Waals surface area contributed by atoms with Crippen LogP contribution in [0, 0.1) is 0 Å². The van der Waals surface area contributed by atoms with E-state index in [1.807, 2.05) is 0 Å². The molecular formula is C24H24N2O8. The maximum atomic E-state index is 13.3. The molecule has 3 heterocycles. The minimum Gasteiger partial charge on any atom is -0.490 e. The van der Waals surface area contributed by atoms with Crippen molar-refractivity contribution in [2.45, 2.75) is 37.5 Å². The zero-order valence-corrected chi connectivity index (χ0v) is 18.5. The number of amides is 2. The van der Waals surface area contributed by atoms with Gasteiger partial charge in [-0.1, -0.05) is 0 Å². The van der Waals surface area contributed by atoms with E-state index in [0.29, 0.717) is 46.9 Å². The van der Waals surface area contributed by atoms with Crippen LogP contribution in [0.5, 0.6) is 17.2 Å². The van der Waals surface area contributed by atoms with Gasteiger partial charge < -0.3 is 34.3 Å². The number of nitrogens with one attached hydrogen (secondary N) is 1. The minimum absolute atomic E-state index is 0.0795. The summed E-state index contributed by atoms with van der Waals surface area (Å²) in [7, 11) is 1.70. The van der Waals surface area contributed by atoms with E-state index in [4.69, 9.17) is 24.1 Å². The number of hydrogen-bond acceptors (Lipinski definition) is 7. The molecule has 5 rings (SSSR count). The molecule has 0 radical (unpaired) electrons. The van der Waals surface area contributed by atoms with Crippen molar-refractivity contribution in [3.8, 4) is 17.2 Å². The lowest BCUT2D eigenvalue weighted by atomic mass is 9.94. The van der Waals surface area contributed by atoms with Gasteiger partial charge in [-0.05, 0) is 49.2 Å². The topological polar surface area (TPSA) is 124 Å². The van der Waals surface area contributed by atoms with Crippen molar-refractivity contribution in [1.29, 1.82) is 0 Å². The lowest BCUT2D eigenvalue weighted by molar-refractivity contribution is -0.148. The monoisotopic (exact) mass is 468 g/mol. The van der Waals surface area contributed by atoms with Crippen LogP contribution in [0.15, 0.2) is 36.4 Å². The number of likely N-dealkylation sites (N-methyl/N-ethyl adjacent to an activating group) is 1. The predicted molar refractivity (Wildman–Crippen MR) is 118 cm³/mol. The molecule has 2 amide bonds. The fourth-order valence-corrected chi connectivity index (χ4v) is 4.54. The molecule has 2 aromatic rings. The fraction of sp³-hybridized carbons (Fsp3) is 0.375. The molecule has 0 bridgehead atoms. The highest BCUT2D eigenvalue weighted by molar-refractivity contribution is 6.06. The van der Waals surface area contributed by atoms with E-state index in [1.54, 1.807) is 48.3 Å². The van der Waals surface area contributed by atoms with Crippen molar-refractivity contribution in [3.05, 3.63) is 47.5 Å². The Balaban J connectivity index is 1.34. The van der Waals surface area contributed by atoms with E-state index < -0.39 is 18.2 Å². The number of ether oxygens (including phenoxy) is 4. The van der Waals surface area contributed by atoms with E-state index in [1.165, 1.54) is 0 Å². The minimum atomic E-state index is -0.916. The number of nitrogens with zero attached hydrogens (tertiary/aromatic N) is 1. The van der Waals surface area contributed by atoms with Crippen molar-refractivity contribution >= 4 is 23.5 Å². The number of carboxylic acids is 1. The average molecular weight is 468 g/mol. The van der Waals surface area contributed by atoms with Crippen LogP contribution in [-0.4, -0.2) is 66.5 Å². The number of carboxylic acid groups (broad SMARTS) is 1. The fourth-order valence-electron chi connectivity index (χ4n) is 4.54. The maximum absolute atomic E-state index is 13.3. The second-order valence-electron chi connectivity index (χ2n) is 8.50. The summed E-state index contributed by atoms with van der Waals surface area (Å²) in [4.78, 5) is 38.7. The largest absolute Gasteiger partial charge is 0.490 e. The number of anilines is 1. The molecule has 0 aromatic heterocycles. The summed E-state index contributed by atoms with van der Waals surface area (Å²) in [5.41, 5.74) is 1.18. The Morgan fingerprint density at radius 3 is 2.68 bits per heavy atom. The Kier molecular flexibility index (Phi) is 5.74. The standard InChI is InChI=1S/C24H24N2O8/c1-26-17-5-4-15(10-22(27)28)34-21(17)11-31-18-7-3-14(9-16(18)24(26)30)25-23(29)13-2-6-19-20(8-13)33-12-32-19/h2-3,6-9,15,17,21H,4-5,10-12H2,1H3,(H,25,29)(H,27,28)/t15-,17-,21-/m0/s1. The van der Waals surface area contributed by atoms with Gasteiger partial charge in [-0.15, -0.1) is 0 Å². The summed E-state index contributed by atoms with van der Waals surface area (Å²) >= 11 is 0. The second-order valence-corrected chi connectivity index (χ2v) is 8.50. The number of carbonyl (C=O) groups is 3. The highest BCUT2D eigenvalue weighted by atomic mass is 16.7. The van der Waals surface area contributed by atoms with Gasteiger partial charge in [-0.2, -0.15) is 0 Å². The summed E-state index contributed by atoms with van der Waals surface area (Å²) < 4.78 is 22.5. The zero-order valence-electron chi connectivity index (χ0n) is 18.5. The van der Waals surface area contributed by atoms with E-state index in [9.17, 15) is 14.4 Å². The maximum Gasteiger partial charge on any atom is 0.305 e. The molecule has 178 valence electrons. The number of carbonyl (C=O) groups excluding carboxylic acids is 2. The third-order valence-electron chi connectivity index (χ3n) is 6.31. The van der Waals surface area contributed by atoms with Crippen LogP contribution in [0.4, 0.5) is 5.69 Å². The van der Waals surface area contributed by atoms with Gasteiger partial charge in [-0.3, -0.25) is 14.4 Å². The van der Waals surface area contributed by atoms with Crippen molar-refractivity contribution in [1.82, 2.24) is 4.90 Å². The van der Waals surface area contributed by atoms with Crippen LogP contribution in [0.2, 0.25) is 0 Å². The third-order valence-corrected chi connectivity index (χ3v) is 6.31. The van der Waals surface area contributed by atoms with Crippen LogP contribution < -0.4 is 19.5 Å². The van der Waals surface area contributed by atoms with Crippen LogP contribution >= 0.6 is 0 Å². The Hall–Kier alpha value is -3.79. The molecule has 34 heavy (non-hydrogen) atoms. The average Bonchev–Trinajstić information content (AvgIpc) is 3.29. The van der Waals surface area contributed by atoms with E-state index in [2.05, 4.69) is 5.32 Å². The van der Waals surface area contributed by atoms with E-state index >= 15 is 0 Å². The Morgan fingerprint density at radius 1 is 1.06 bits per heavy atom. The van der Waals surface area contributed by atoms with Crippen molar-refractivity contribution in [3.63, 3.8) is 0 Å². The normalized spacial score (nSPS) is 23.1. The van der Waals surface area contributed by atoms with E-state index in [0.717, 1.165) is 0 Å². The first-order chi connectivity index (χ1) is 16.4. The van der Waals surface area contributed by atoms with Gasteiger partial charge in [-0.25, -0.2) is 0 Å². The smallest absolute Gasteiger partial charge is 0.305 e. The van der Waals surface area contributed by atoms with Crippen molar-refractivity contribution in [2.24, 2.45) is 0 Å². The number of aliphatic carboxylic acids is 1. The molecule has 3 aliphatic rings. The lowest BCUT2D eigenvalue weighted by Crippen LogP contribution is -2.53. The van der Waals surface area contributed by atoms with Crippen LogP contribution in [0.3, 0.4) is 0 Å². The Bertz CT molecular complexity index is 1150. The first-order valence-corrected chi connectivity index (χ1v) is 11.0. The van der Waals surface area contributed by atoms with Gasteiger partial charge in [0.15, 0.2) is 11.5 Å². The summed E-state index contributed by atoms with van der Waals surface area (Å²) in [6.45, 7) is 0.308. The summed E-state index contributed by atoms with van der Waals surface area (Å²) in [5.74, 6) is -0.0607. The number of rotatable bonds is 4. The number of fused-ring (bicyclic) bond motifs is 3. The first kappa shape index (κ1) is 22.0. The predicted octanol–water partition coefficient (Wildman–Crippen LogP) is 2.52. The van der Waals surface area contributed by atoms with Gasteiger partial charge in [0.05, 0.1) is 24.1 Å². The molecule has 10 nitrogen and oxygen atoms in total. The van der Waals surface area contributed by atoms with Crippen LogP contribution in [0.1, 0.15) is 40.0 Å². The summed E-state index contributed by atoms with van der Waals surface area (Å²) in [6, 6.07) is 9.56. The van der Waals surface area contributed by atoms with Gasteiger partial charge >= 0.3 is 5.97 Å². The second kappa shape index (κ2) is 8.86. The number of hydrogen-bond donors (Lipinski definition) is 2. The molecule has 0 spiro atoms. The molecule has 0 aliphatic carbocycles. The molecular weight excluding hydrogens is 444 g/mol. The van der Waals surface area contributed by atoms with E-state index in [-0.39, 0.29) is 37.7 Å². The molecule has 2 N–H and O–H groups in total. The van der Waals surface area contributed by atoms with Gasteiger partial charge in [0.2, 0.25) is 6.79 Å². The van der Waals surface area contributed by atoms with Crippen molar-refractivity contribution < 1.29 is 38.4 Å². The highest BCUT2D eigenvalue weighted by Crippen LogP contribution is 2.34. The molecule has 10 heteroatoms. The van der Waals surface area contributed by atoms with Crippen LogP contribution in [-0.2, 0) is 9.53 Å². The lowest BCUT2D eigenvalue weighted by Gasteiger charge is -2.42. The molecule has 0 unspecified atom stereocenters. The highest BCUT2D eigenvalue weighted by Gasteiger charge is 2.39. The molecule has 1 fully saturated rings. The molecule has 1 saturated heterocycles. The molecule has 3 atom stereocenters. The SMILES string of the molecule is CN1C(=O)c2cc(NC(=O)c3ccc4c(c3)OCO4)ccc2OC[C@@H]2O[C@H](CC(=O)O)CC[C@@H]21. The summed E-state index contributed by atoms with van der Waals surface area (Å²) in [5, 5.41) is 11.9. The quantitative estimate of drug-likeness (QED) is 0.702. The molecule has 0 saturated carbocycles. The number of benzene rings is 2. The van der Waals surface area contributed by atoms with Gasteiger partial charge in [0.25, 0.3) is 11.8 Å². The molecule has 3 aliphatic heterocycles.